The summed E-state index contributed by atoms with van der Waals surface area (Å²) in [5.41, 5.74) is 9.25. The number of hydrogen-bond donors (Lipinski definition) is 0. The van der Waals surface area contributed by atoms with Crippen molar-refractivity contribution < 1.29 is 17.7 Å². The van der Waals surface area contributed by atoms with Gasteiger partial charge in [0.15, 0.2) is 23.0 Å². The van der Waals surface area contributed by atoms with Gasteiger partial charge in [-0.3, -0.25) is 0 Å². The Labute approximate surface area is 150 Å². The fourth-order valence-corrected chi connectivity index (χ4v) is 5.84. The summed E-state index contributed by atoms with van der Waals surface area (Å²) in [7, 11) is -3.30. The van der Waals surface area contributed by atoms with Crippen LogP contribution in [0.15, 0.2) is 0 Å². The topological polar surface area (TPSA) is 36.9 Å². The molecule has 0 amide bonds. The molecule has 5 heteroatoms. The molecule has 0 atom stereocenters. The molecule has 0 aromatic heterocycles. The van der Waals surface area contributed by atoms with Gasteiger partial charge >= 0.3 is 9.05 Å². The third-order valence-electron chi connectivity index (χ3n) is 6.06. The molecule has 0 aliphatic carbocycles. The molecule has 0 N–H and O–H groups in total. The van der Waals surface area contributed by atoms with Gasteiger partial charge in [-0.1, -0.05) is 0 Å². The monoisotopic (exact) mass is 356 g/mol. The maximum atomic E-state index is 6.25. The lowest BCUT2D eigenvalue weighted by Gasteiger charge is -2.12. The van der Waals surface area contributed by atoms with Crippen LogP contribution in [-0.4, -0.2) is 9.05 Å². The van der Waals surface area contributed by atoms with Crippen molar-refractivity contribution in [3.63, 3.8) is 0 Å². The summed E-state index contributed by atoms with van der Waals surface area (Å²) >= 11 is 0. The molecule has 0 unspecified atom stereocenters. The highest BCUT2D eigenvalue weighted by molar-refractivity contribution is 6.59. The van der Waals surface area contributed by atoms with Crippen LogP contribution in [0.5, 0.6) is 23.0 Å². The SMILES string of the molecule is Cc1c(C)c(C)c2c(c1C)O[Si]1(O2)Oc2c(C)c(C)c(C)c(C)c2O1. The van der Waals surface area contributed by atoms with E-state index in [4.69, 9.17) is 17.7 Å². The minimum absolute atomic E-state index is 0.767. The lowest BCUT2D eigenvalue weighted by molar-refractivity contribution is 0.223. The first-order valence-electron chi connectivity index (χ1n) is 8.63. The first-order chi connectivity index (χ1) is 11.7. The van der Waals surface area contributed by atoms with Gasteiger partial charge < -0.3 is 17.7 Å². The zero-order valence-electron chi connectivity index (χ0n) is 16.1. The van der Waals surface area contributed by atoms with E-state index in [1.54, 1.807) is 0 Å². The van der Waals surface area contributed by atoms with Gasteiger partial charge in [-0.25, -0.2) is 0 Å². The van der Waals surface area contributed by atoms with Gasteiger partial charge in [0.25, 0.3) is 0 Å². The molecule has 0 bridgehead atoms. The van der Waals surface area contributed by atoms with Gasteiger partial charge in [0.05, 0.1) is 0 Å². The van der Waals surface area contributed by atoms with Gasteiger partial charge in [-0.05, 0) is 99.9 Å². The molecule has 2 aliphatic rings. The Hall–Kier alpha value is -2.14. The molecule has 132 valence electrons. The Morgan fingerprint density at radius 3 is 0.760 bits per heavy atom. The van der Waals surface area contributed by atoms with Crippen molar-refractivity contribution in [1.82, 2.24) is 0 Å². The van der Waals surface area contributed by atoms with Crippen LogP contribution in [0.3, 0.4) is 0 Å². The van der Waals surface area contributed by atoms with Gasteiger partial charge in [0.1, 0.15) is 0 Å². The Kier molecular flexibility index (Phi) is 3.23. The Bertz CT molecular complexity index is 791. The molecular weight excluding hydrogens is 332 g/mol. The average Bonchev–Trinajstić information content (AvgIpc) is 3.16. The first kappa shape index (κ1) is 16.3. The van der Waals surface area contributed by atoms with Crippen molar-refractivity contribution in [2.75, 3.05) is 0 Å². The van der Waals surface area contributed by atoms with E-state index < -0.39 is 9.05 Å². The second-order valence-electron chi connectivity index (χ2n) is 7.22. The molecule has 2 aromatic rings. The lowest BCUT2D eigenvalue weighted by Crippen LogP contribution is -2.54. The molecule has 0 saturated carbocycles. The third kappa shape index (κ3) is 1.99. The standard InChI is InChI=1S/C20H24O4Si/c1-9-10(2)14(6)18-17(13(9)5)21-25(22-18)23-19-15(7)11(3)12(4)16(8)20(19)24-25/h1-8H3. The van der Waals surface area contributed by atoms with E-state index in [1.165, 1.54) is 22.3 Å². The fourth-order valence-electron chi connectivity index (χ4n) is 3.60. The molecule has 2 aliphatic heterocycles. The van der Waals surface area contributed by atoms with Crippen LogP contribution in [0.4, 0.5) is 0 Å². The van der Waals surface area contributed by atoms with E-state index in [0.29, 0.717) is 0 Å². The minimum atomic E-state index is -3.30. The lowest BCUT2D eigenvalue weighted by atomic mass is 9.98. The highest BCUT2D eigenvalue weighted by Gasteiger charge is 2.67. The van der Waals surface area contributed by atoms with E-state index in [1.807, 2.05) is 0 Å². The van der Waals surface area contributed by atoms with Crippen LogP contribution < -0.4 is 17.7 Å². The van der Waals surface area contributed by atoms with E-state index in [-0.39, 0.29) is 0 Å². The van der Waals surface area contributed by atoms with Crippen LogP contribution in [0.2, 0.25) is 0 Å². The normalized spacial score (nSPS) is 16.0. The van der Waals surface area contributed by atoms with Gasteiger partial charge in [0.2, 0.25) is 0 Å². The Balaban J connectivity index is 1.83. The molecule has 1 spiro atoms. The highest BCUT2D eigenvalue weighted by atomic mass is 28.4. The molecule has 2 aromatic carbocycles. The van der Waals surface area contributed by atoms with E-state index in [2.05, 4.69) is 55.4 Å². The zero-order valence-corrected chi connectivity index (χ0v) is 17.1. The number of fused-ring (bicyclic) bond motifs is 2. The van der Waals surface area contributed by atoms with E-state index in [0.717, 1.165) is 45.3 Å². The van der Waals surface area contributed by atoms with Crippen molar-refractivity contribution in [1.29, 1.82) is 0 Å². The van der Waals surface area contributed by atoms with Crippen molar-refractivity contribution in [2.45, 2.75) is 55.4 Å². The second kappa shape index (κ2) is 4.94. The fraction of sp³-hybridized carbons (Fsp3) is 0.400. The van der Waals surface area contributed by atoms with E-state index in [9.17, 15) is 0 Å². The molecule has 4 rings (SSSR count). The molecule has 2 heterocycles. The molecule has 0 radical (unpaired) electrons. The van der Waals surface area contributed by atoms with Gasteiger partial charge in [-0.2, -0.15) is 0 Å². The van der Waals surface area contributed by atoms with Crippen molar-refractivity contribution in [2.24, 2.45) is 0 Å². The quantitative estimate of drug-likeness (QED) is 0.634. The second-order valence-corrected chi connectivity index (χ2v) is 9.04. The minimum Gasteiger partial charge on any atom is -0.448 e. The van der Waals surface area contributed by atoms with Crippen LogP contribution in [0.1, 0.15) is 44.5 Å². The first-order valence-corrected chi connectivity index (χ1v) is 10.3. The number of rotatable bonds is 0. The zero-order chi connectivity index (χ0) is 18.3. The number of benzene rings is 2. The summed E-state index contributed by atoms with van der Waals surface area (Å²) in [5.74, 6) is 3.07. The highest BCUT2D eigenvalue weighted by Crippen LogP contribution is 2.52. The van der Waals surface area contributed by atoms with Crippen LogP contribution in [0.25, 0.3) is 0 Å². The third-order valence-corrected chi connectivity index (χ3v) is 7.87. The molecule has 4 nitrogen and oxygen atoms in total. The summed E-state index contributed by atoms with van der Waals surface area (Å²) < 4.78 is 25.0. The molecular formula is C20H24O4Si. The van der Waals surface area contributed by atoms with E-state index >= 15 is 0 Å². The van der Waals surface area contributed by atoms with Crippen LogP contribution in [0, 0.1) is 55.4 Å². The van der Waals surface area contributed by atoms with Crippen molar-refractivity contribution in [3.8, 4) is 23.0 Å². The predicted octanol–water partition coefficient (Wildman–Crippen LogP) is 4.83. The van der Waals surface area contributed by atoms with Gasteiger partial charge in [0, 0.05) is 0 Å². The average molecular weight is 356 g/mol. The summed E-state index contributed by atoms with van der Waals surface area (Å²) in [5, 5.41) is 0. The summed E-state index contributed by atoms with van der Waals surface area (Å²) in [6.45, 7) is 16.7. The largest absolute Gasteiger partial charge is 0.967 e. The van der Waals surface area contributed by atoms with Crippen molar-refractivity contribution >= 4 is 9.05 Å². The van der Waals surface area contributed by atoms with Gasteiger partial charge in [-0.15, -0.1) is 0 Å². The summed E-state index contributed by atoms with van der Waals surface area (Å²) in [6, 6.07) is 0. The number of hydrogen-bond acceptors (Lipinski definition) is 4. The summed E-state index contributed by atoms with van der Waals surface area (Å²) in [4.78, 5) is 0. The smallest absolute Gasteiger partial charge is 0.448 e. The maximum Gasteiger partial charge on any atom is 0.967 e. The summed E-state index contributed by atoms with van der Waals surface area (Å²) in [6.07, 6.45) is 0. The van der Waals surface area contributed by atoms with Crippen LogP contribution >= 0.6 is 0 Å². The van der Waals surface area contributed by atoms with Crippen LogP contribution in [-0.2, 0) is 0 Å². The Morgan fingerprint density at radius 1 is 0.360 bits per heavy atom. The Morgan fingerprint density at radius 2 is 0.560 bits per heavy atom. The maximum absolute atomic E-state index is 6.25. The molecule has 0 saturated heterocycles. The van der Waals surface area contributed by atoms with Crippen molar-refractivity contribution in [3.05, 3.63) is 44.5 Å². The predicted molar refractivity (Wildman–Crippen MR) is 99.0 cm³/mol. The molecule has 25 heavy (non-hydrogen) atoms. The molecule has 0 fully saturated rings.